The number of phenolic OH excluding ortho intramolecular Hbond substituents is 1. The maximum absolute atomic E-state index is 12.7. The first-order valence-electron chi connectivity index (χ1n) is 9.87. The number of aromatic hydroxyl groups is 1. The number of nitro groups is 1. The van der Waals surface area contributed by atoms with Crippen molar-refractivity contribution < 1.29 is 24.3 Å². The summed E-state index contributed by atoms with van der Waals surface area (Å²) in [5, 5.41) is 33.6. The first-order valence-corrected chi connectivity index (χ1v) is 10.6. The molecule has 9 nitrogen and oxygen atoms in total. The van der Waals surface area contributed by atoms with Gasteiger partial charge in [0.15, 0.2) is 11.5 Å². The van der Waals surface area contributed by atoms with Crippen molar-refractivity contribution in [1.29, 1.82) is 5.26 Å². The van der Waals surface area contributed by atoms with Gasteiger partial charge in [0.2, 0.25) is 0 Å². The minimum absolute atomic E-state index is 0.0575. The highest BCUT2D eigenvalue weighted by molar-refractivity contribution is 6.35. The van der Waals surface area contributed by atoms with Gasteiger partial charge in [-0.1, -0.05) is 41.4 Å². The van der Waals surface area contributed by atoms with Crippen LogP contribution >= 0.6 is 23.2 Å². The lowest BCUT2D eigenvalue weighted by Crippen LogP contribution is -2.13. The number of nitro benzene ring substituents is 1. The van der Waals surface area contributed by atoms with Gasteiger partial charge >= 0.3 is 0 Å². The zero-order chi connectivity index (χ0) is 25.5. The van der Waals surface area contributed by atoms with Gasteiger partial charge in [-0.05, 0) is 30.3 Å². The van der Waals surface area contributed by atoms with Crippen molar-refractivity contribution in [2.45, 2.75) is 6.61 Å². The maximum Gasteiger partial charge on any atom is 0.273 e. The van der Waals surface area contributed by atoms with Gasteiger partial charge in [0.05, 0.1) is 23.8 Å². The fourth-order valence-electron chi connectivity index (χ4n) is 2.98. The summed E-state index contributed by atoms with van der Waals surface area (Å²) < 4.78 is 11.3. The molecule has 0 radical (unpaired) electrons. The van der Waals surface area contributed by atoms with Crippen molar-refractivity contribution in [3.8, 4) is 23.3 Å². The van der Waals surface area contributed by atoms with E-state index >= 15 is 0 Å². The summed E-state index contributed by atoms with van der Waals surface area (Å²) >= 11 is 12.1. The van der Waals surface area contributed by atoms with Crippen molar-refractivity contribution in [2.75, 3.05) is 12.4 Å². The van der Waals surface area contributed by atoms with Crippen LogP contribution in [0.3, 0.4) is 0 Å². The molecule has 0 saturated carbocycles. The summed E-state index contributed by atoms with van der Waals surface area (Å²) in [6.45, 7) is 0.0575. The van der Waals surface area contributed by atoms with Gasteiger partial charge in [0.1, 0.15) is 24.0 Å². The molecule has 0 aliphatic heterocycles. The third-order valence-corrected chi connectivity index (χ3v) is 5.31. The molecule has 0 spiro atoms. The van der Waals surface area contributed by atoms with E-state index < -0.39 is 16.6 Å². The molecule has 3 aromatic rings. The second kappa shape index (κ2) is 11.2. The van der Waals surface area contributed by atoms with Crippen molar-refractivity contribution in [1.82, 2.24) is 0 Å². The highest BCUT2D eigenvalue weighted by Gasteiger charge is 2.17. The molecule has 178 valence electrons. The number of methoxy groups -OCH3 is 1. The number of nitrogens with zero attached hydrogens (tertiary/aromatic N) is 2. The lowest BCUT2D eigenvalue weighted by molar-refractivity contribution is -0.384. The van der Waals surface area contributed by atoms with Crippen molar-refractivity contribution >= 4 is 46.6 Å². The van der Waals surface area contributed by atoms with Crippen molar-refractivity contribution in [3.63, 3.8) is 0 Å². The van der Waals surface area contributed by atoms with Crippen LogP contribution in [0.4, 0.5) is 11.4 Å². The summed E-state index contributed by atoms with van der Waals surface area (Å²) in [7, 11) is 1.44. The van der Waals surface area contributed by atoms with Crippen LogP contribution in [0.1, 0.15) is 11.1 Å². The SMILES string of the molecule is COc1cccc(/C=C(\C#N)C(=O)Nc2ccc([N+](=O)[O-])cc2O)c1OCc1ccc(Cl)cc1Cl. The van der Waals surface area contributed by atoms with Crippen LogP contribution in [-0.4, -0.2) is 23.0 Å². The number of carbonyl (C=O) groups excluding carboxylic acids is 1. The van der Waals surface area contributed by atoms with E-state index in [1.807, 2.05) is 0 Å². The number of carbonyl (C=O) groups is 1. The number of anilines is 1. The van der Waals surface area contributed by atoms with E-state index in [0.29, 0.717) is 26.9 Å². The average molecular weight is 514 g/mol. The molecule has 0 aliphatic carbocycles. The molecule has 0 unspecified atom stereocenters. The Morgan fingerprint density at radius 3 is 2.63 bits per heavy atom. The van der Waals surface area contributed by atoms with Crippen LogP contribution in [0.2, 0.25) is 10.0 Å². The van der Waals surface area contributed by atoms with E-state index in [1.54, 1.807) is 42.5 Å². The third kappa shape index (κ3) is 6.20. The summed E-state index contributed by atoms with van der Waals surface area (Å²) in [4.78, 5) is 22.8. The summed E-state index contributed by atoms with van der Waals surface area (Å²) in [5.41, 5.74) is 0.264. The molecule has 0 fully saturated rings. The van der Waals surface area contributed by atoms with Gasteiger partial charge < -0.3 is 19.9 Å². The fraction of sp³-hybridized carbons (Fsp3) is 0.0833. The Morgan fingerprint density at radius 1 is 1.23 bits per heavy atom. The number of hydrogen-bond acceptors (Lipinski definition) is 7. The zero-order valence-corrected chi connectivity index (χ0v) is 19.6. The number of amides is 1. The largest absolute Gasteiger partial charge is 0.506 e. The van der Waals surface area contributed by atoms with Crippen LogP contribution in [0.5, 0.6) is 17.2 Å². The van der Waals surface area contributed by atoms with E-state index in [2.05, 4.69) is 5.32 Å². The summed E-state index contributed by atoms with van der Waals surface area (Å²) in [6, 6.07) is 14.8. The number of rotatable bonds is 8. The number of ether oxygens (including phenoxy) is 2. The lowest BCUT2D eigenvalue weighted by atomic mass is 10.1. The van der Waals surface area contributed by atoms with Gasteiger partial charge in [-0.2, -0.15) is 5.26 Å². The highest BCUT2D eigenvalue weighted by Crippen LogP contribution is 2.34. The molecule has 2 N–H and O–H groups in total. The number of halogens is 2. The molecule has 0 aliphatic rings. The van der Waals surface area contributed by atoms with Crippen LogP contribution in [0, 0.1) is 21.4 Å². The van der Waals surface area contributed by atoms with Gasteiger partial charge in [-0.3, -0.25) is 14.9 Å². The minimum atomic E-state index is -0.842. The Kier molecular flexibility index (Phi) is 8.15. The third-order valence-electron chi connectivity index (χ3n) is 4.72. The number of benzene rings is 3. The van der Waals surface area contributed by atoms with E-state index in [0.717, 1.165) is 18.2 Å². The second-order valence-electron chi connectivity index (χ2n) is 6.99. The quantitative estimate of drug-likeness (QED) is 0.129. The lowest BCUT2D eigenvalue weighted by Gasteiger charge is -2.14. The molecule has 11 heteroatoms. The normalized spacial score (nSPS) is 10.9. The maximum atomic E-state index is 12.7. The Balaban J connectivity index is 1.89. The Bertz CT molecular complexity index is 1370. The van der Waals surface area contributed by atoms with Crippen molar-refractivity contribution in [3.05, 3.63) is 91.5 Å². The molecule has 0 atom stereocenters. The van der Waals surface area contributed by atoms with Gasteiger partial charge in [0, 0.05) is 27.2 Å². The Hall–Kier alpha value is -4.26. The first-order chi connectivity index (χ1) is 16.7. The van der Waals surface area contributed by atoms with Crippen LogP contribution < -0.4 is 14.8 Å². The number of hydrogen-bond donors (Lipinski definition) is 2. The average Bonchev–Trinajstić information content (AvgIpc) is 2.83. The van der Waals surface area contributed by atoms with Gasteiger partial charge in [-0.15, -0.1) is 0 Å². The molecule has 0 bridgehead atoms. The van der Waals surface area contributed by atoms with E-state index in [9.17, 15) is 25.3 Å². The topological polar surface area (TPSA) is 135 Å². The predicted octanol–water partition coefficient (Wildman–Crippen LogP) is 5.74. The monoisotopic (exact) mass is 513 g/mol. The number of phenols is 1. The number of non-ortho nitro benzene ring substituents is 1. The molecule has 1 amide bonds. The molecule has 3 aromatic carbocycles. The smallest absolute Gasteiger partial charge is 0.273 e. The van der Waals surface area contributed by atoms with E-state index in [-0.39, 0.29) is 29.3 Å². The highest BCUT2D eigenvalue weighted by atomic mass is 35.5. The minimum Gasteiger partial charge on any atom is -0.506 e. The summed E-state index contributed by atoms with van der Waals surface area (Å²) in [6.07, 6.45) is 1.29. The Labute approximate surface area is 209 Å². The first kappa shape index (κ1) is 25.4. The standard InChI is InChI=1S/C24H17Cl2N3O6/c1-34-22-4-2-3-14(23(22)35-13-15-5-6-17(25)10-19(15)26)9-16(12-27)24(31)28-20-8-7-18(29(32)33)11-21(20)30/h2-11,30H,13H2,1H3,(H,28,31)/b16-9+. The number of para-hydroxylation sites is 1. The zero-order valence-electron chi connectivity index (χ0n) is 18.1. The number of nitriles is 1. The molecule has 35 heavy (non-hydrogen) atoms. The molecule has 0 aromatic heterocycles. The predicted molar refractivity (Wildman–Crippen MR) is 131 cm³/mol. The van der Waals surface area contributed by atoms with E-state index in [4.69, 9.17) is 32.7 Å². The van der Waals surface area contributed by atoms with Crippen molar-refractivity contribution in [2.24, 2.45) is 0 Å². The molecule has 0 heterocycles. The number of nitrogens with one attached hydrogen (secondary N) is 1. The van der Waals surface area contributed by atoms with Gasteiger partial charge in [-0.25, -0.2) is 0 Å². The van der Waals surface area contributed by atoms with Crippen LogP contribution in [-0.2, 0) is 11.4 Å². The molecular weight excluding hydrogens is 497 g/mol. The second-order valence-corrected chi connectivity index (χ2v) is 7.83. The molecular formula is C24H17Cl2N3O6. The fourth-order valence-corrected chi connectivity index (χ4v) is 3.45. The Morgan fingerprint density at radius 2 is 2.00 bits per heavy atom. The van der Waals surface area contributed by atoms with Crippen LogP contribution in [0.15, 0.2) is 60.2 Å². The van der Waals surface area contributed by atoms with Gasteiger partial charge in [0.25, 0.3) is 11.6 Å². The van der Waals surface area contributed by atoms with E-state index in [1.165, 1.54) is 13.2 Å². The molecule has 0 saturated heterocycles. The van der Waals surface area contributed by atoms with Crippen LogP contribution in [0.25, 0.3) is 6.08 Å². The summed E-state index contributed by atoms with van der Waals surface area (Å²) in [5.74, 6) is -0.740. The molecule has 3 rings (SSSR count).